The van der Waals surface area contributed by atoms with E-state index >= 15 is 0 Å². The van der Waals surface area contributed by atoms with Gasteiger partial charge in [0.15, 0.2) is 0 Å². The van der Waals surface area contributed by atoms with Crippen LogP contribution in [0.15, 0.2) is 54.6 Å². The molecule has 1 fully saturated rings. The topological polar surface area (TPSA) is 127 Å². The molecule has 0 unspecified atom stereocenters. The number of ether oxygens (including phenoxy) is 3. The van der Waals surface area contributed by atoms with Gasteiger partial charge in [-0.25, -0.2) is 4.79 Å². The van der Waals surface area contributed by atoms with Crippen molar-refractivity contribution in [2.24, 2.45) is 5.92 Å². The number of unbranched alkanes of at least 4 members (excludes halogenated alkanes) is 1. The molecule has 0 saturated heterocycles. The highest BCUT2D eigenvalue weighted by atomic mass is 16.5. The molecule has 37 heavy (non-hydrogen) atoms. The highest BCUT2D eigenvalue weighted by molar-refractivity contribution is 6.04. The molecule has 0 aromatic heterocycles. The van der Waals surface area contributed by atoms with Gasteiger partial charge in [-0.15, -0.1) is 0 Å². The van der Waals surface area contributed by atoms with Crippen LogP contribution < -0.4 is 15.4 Å². The van der Waals surface area contributed by atoms with Gasteiger partial charge in [0.2, 0.25) is 5.91 Å². The molecule has 0 atom stereocenters. The van der Waals surface area contributed by atoms with Crippen LogP contribution in [0.4, 0.5) is 4.79 Å². The smallest absolute Gasteiger partial charge is 0.413 e. The summed E-state index contributed by atoms with van der Waals surface area (Å²) < 4.78 is 15.7. The second kappa shape index (κ2) is 14.6. The molecule has 1 aliphatic rings. The maximum atomic E-state index is 12.2. The molecule has 1 aliphatic carbocycles. The summed E-state index contributed by atoms with van der Waals surface area (Å²) in [7, 11) is 1.41. The summed E-state index contributed by atoms with van der Waals surface area (Å²) in [5.74, 6) is 0.407. The summed E-state index contributed by atoms with van der Waals surface area (Å²) in [5.41, 5.74) is 1.40. The van der Waals surface area contributed by atoms with Crippen LogP contribution in [-0.4, -0.2) is 43.6 Å². The first-order valence-electron chi connectivity index (χ1n) is 12.6. The molecule has 0 bridgehead atoms. The van der Waals surface area contributed by atoms with Crippen molar-refractivity contribution in [1.29, 1.82) is 5.41 Å². The number of methoxy groups -OCH3 is 1. The molecule has 2 amide bonds. The van der Waals surface area contributed by atoms with E-state index in [0.29, 0.717) is 30.8 Å². The fourth-order valence-electron chi connectivity index (χ4n) is 4.17. The first kappa shape index (κ1) is 27.7. The molecule has 0 aliphatic heterocycles. The van der Waals surface area contributed by atoms with Crippen LogP contribution >= 0.6 is 0 Å². The predicted molar refractivity (Wildman–Crippen MR) is 138 cm³/mol. The van der Waals surface area contributed by atoms with Gasteiger partial charge in [0.25, 0.3) is 0 Å². The fraction of sp³-hybridized carbons (Fsp3) is 0.429. The summed E-state index contributed by atoms with van der Waals surface area (Å²) in [5, 5.41) is 13.5. The Morgan fingerprint density at radius 2 is 1.65 bits per heavy atom. The Kier molecular flexibility index (Phi) is 10.9. The van der Waals surface area contributed by atoms with Gasteiger partial charge in [-0.2, -0.15) is 0 Å². The van der Waals surface area contributed by atoms with Crippen molar-refractivity contribution in [3.63, 3.8) is 0 Å². The number of esters is 1. The molecular formula is C28H35N3O6. The lowest BCUT2D eigenvalue weighted by Gasteiger charge is -2.27. The van der Waals surface area contributed by atoms with Crippen LogP contribution in [0.2, 0.25) is 0 Å². The van der Waals surface area contributed by atoms with Crippen molar-refractivity contribution in [2.75, 3.05) is 13.7 Å². The lowest BCUT2D eigenvalue weighted by Crippen LogP contribution is -2.38. The average Bonchev–Trinajstić information content (AvgIpc) is 2.92. The van der Waals surface area contributed by atoms with E-state index in [4.69, 9.17) is 19.6 Å². The molecular weight excluding hydrogens is 474 g/mol. The minimum absolute atomic E-state index is 0.0270. The number of benzene rings is 2. The molecule has 9 heteroatoms. The van der Waals surface area contributed by atoms with E-state index in [9.17, 15) is 14.4 Å². The average molecular weight is 510 g/mol. The van der Waals surface area contributed by atoms with E-state index in [-0.39, 0.29) is 36.3 Å². The zero-order chi connectivity index (χ0) is 26.5. The summed E-state index contributed by atoms with van der Waals surface area (Å²) in [4.78, 5) is 35.7. The van der Waals surface area contributed by atoms with E-state index < -0.39 is 6.09 Å². The number of alkyl carbamates (subject to hydrolysis) is 1. The SMILES string of the molecule is COC(=O)C1CCC(NC(=O)CCCCOc2ccc(C(=N)NC(=O)OCc3ccccc3)cc2)CC1. The zero-order valence-corrected chi connectivity index (χ0v) is 21.2. The molecule has 0 heterocycles. The molecule has 1 saturated carbocycles. The highest BCUT2D eigenvalue weighted by Crippen LogP contribution is 2.25. The predicted octanol–water partition coefficient (Wildman–Crippen LogP) is 4.34. The van der Waals surface area contributed by atoms with Gasteiger partial charge in [-0.1, -0.05) is 30.3 Å². The lowest BCUT2D eigenvalue weighted by molar-refractivity contribution is -0.146. The van der Waals surface area contributed by atoms with Crippen molar-refractivity contribution in [1.82, 2.24) is 10.6 Å². The number of carbonyl (C=O) groups is 3. The second-order valence-electron chi connectivity index (χ2n) is 9.03. The lowest BCUT2D eigenvalue weighted by atomic mass is 9.86. The third-order valence-electron chi connectivity index (χ3n) is 6.28. The van der Waals surface area contributed by atoms with Gasteiger partial charge in [-0.05, 0) is 68.4 Å². The maximum Gasteiger partial charge on any atom is 0.413 e. The summed E-state index contributed by atoms with van der Waals surface area (Å²) in [6.07, 6.45) is 4.28. The van der Waals surface area contributed by atoms with Crippen LogP contribution in [0.3, 0.4) is 0 Å². The van der Waals surface area contributed by atoms with Crippen molar-refractivity contribution in [2.45, 2.75) is 57.6 Å². The Labute approximate surface area is 217 Å². The molecule has 0 radical (unpaired) electrons. The molecule has 3 rings (SSSR count). The number of hydrogen-bond acceptors (Lipinski definition) is 7. The van der Waals surface area contributed by atoms with E-state index in [1.54, 1.807) is 24.3 Å². The largest absolute Gasteiger partial charge is 0.494 e. The molecule has 0 spiro atoms. The van der Waals surface area contributed by atoms with E-state index in [0.717, 1.165) is 37.7 Å². The quantitative estimate of drug-likeness (QED) is 0.179. The first-order valence-corrected chi connectivity index (χ1v) is 12.6. The zero-order valence-electron chi connectivity index (χ0n) is 21.2. The highest BCUT2D eigenvalue weighted by Gasteiger charge is 2.27. The number of amides is 2. The molecule has 198 valence electrons. The first-order chi connectivity index (χ1) is 17.9. The van der Waals surface area contributed by atoms with Crippen LogP contribution in [0.5, 0.6) is 5.75 Å². The van der Waals surface area contributed by atoms with Gasteiger partial charge in [0.05, 0.1) is 19.6 Å². The maximum absolute atomic E-state index is 12.2. The molecule has 2 aromatic carbocycles. The number of nitrogens with one attached hydrogen (secondary N) is 3. The minimum atomic E-state index is -0.688. The van der Waals surface area contributed by atoms with Crippen LogP contribution in [0.25, 0.3) is 0 Å². The number of hydrogen-bond donors (Lipinski definition) is 3. The fourth-order valence-corrected chi connectivity index (χ4v) is 4.17. The van der Waals surface area contributed by atoms with Crippen molar-refractivity contribution < 1.29 is 28.6 Å². The number of carbonyl (C=O) groups excluding carboxylic acids is 3. The van der Waals surface area contributed by atoms with Crippen LogP contribution in [0.1, 0.15) is 56.1 Å². The standard InChI is InChI=1S/C28H35N3O6/c1-35-27(33)22-10-14-23(15-11-22)30-25(32)9-5-6-18-36-24-16-12-21(13-17-24)26(29)31-28(34)37-19-20-7-3-2-4-8-20/h2-4,7-8,12-13,16-17,22-23H,5-6,9-11,14-15,18-19H2,1H3,(H,30,32)(H2,29,31,34). The Bertz CT molecular complexity index is 1030. The van der Waals surface area contributed by atoms with Crippen molar-refractivity contribution in [3.8, 4) is 5.75 Å². The van der Waals surface area contributed by atoms with E-state index in [1.165, 1.54) is 7.11 Å². The molecule has 3 N–H and O–H groups in total. The Morgan fingerprint density at radius 3 is 2.32 bits per heavy atom. The van der Waals surface area contributed by atoms with Gasteiger partial charge in [0.1, 0.15) is 18.2 Å². The summed E-state index contributed by atoms with van der Waals surface area (Å²) in [6.45, 7) is 0.602. The Hall–Kier alpha value is -3.88. The van der Waals surface area contributed by atoms with Crippen molar-refractivity contribution >= 4 is 23.8 Å². The van der Waals surface area contributed by atoms with Gasteiger partial charge in [0, 0.05) is 18.0 Å². The molecule has 9 nitrogen and oxygen atoms in total. The van der Waals surface area contributed by atoms with Gasteiger partial charge in [-0.3, -0.25) is 20.3 Å². The normalized spacial score (nSPS) is 16.8. The van der Waals surface area contributed by atoms with Crippen LogP contribution in [-0.2, 0) is 25.7 Å². The molecule has 2 aromatic rings. The van der Waals surface area contributed by atoms with Crippen LogP contribution in [0, 0.1) is 11.3 Å². The van der Waals surface area contributed by atoms with E-state index in [2.05, 4.69) is 10.6 Å². The van der Waals surface area contributed by atoms with E-state index in [1.807, 2.05) is 30.3 Å². The summed E-state index contributed by atoms with van der Waals surface area (Å²) in [6, 6.07) is 16.3. The second-order valence-corrected chi connectivity index (χ2v) is 9.03. The number of amidine groups is 1. The third kappa shape index (κ3) is 9.59. The monoisotopic (exact) mass is 509 g/mol. The Morgan fingerprint density at radius 1 is 0.946 bits per heavy atom. The third-order valence-corrected chi connectivity index (χ3v) is 6.28. The summed E-state index contributed by atoms with van der Waals surface area (Å²) >= 11 is 0. The van der Waals surface area contributed by atoms with Crippen molar-refractivity contribution in [3.05, 3.63) is 65.7 Å². The Balaban J connectivity index is 1.27. The van der Waals surface area contributed by atoms with Gasteiger partial charge < -0.3 is 19.5 Å². The van der Waals surface area contributed by atoms with Gasteiger partial charge >= 0.3 is 12.1 Å². The minimum Gasteiger partial charge on any atom is -0.494 e. The number of rotatable bonds is 11.